The summed E-state index contributed by atoms with van der Waals surface area (Å²) in [7, 11) is 0. The lowest BCUT2D eigenvalue weighted by Gasteiger charge is -2.19. The highest BCUT2D eigenvalue weighted by Crippen LogP contribution is 2.31. The number of hydrogen-bond donors (Lipinski definition) is 0. The van der Waals surface area contributed by atoms with E-state index in [0.29, 0.717) is 10.6 Å². The van der Waals surface area contributed by atoms with Gasteiger partial charge in [-0.2, -0.15) is 4.39 Å². The van der Waals surface area contributed by atoms with Gasteiger partial charge in [0.05, 0.1) is 10.9 Å². The second-order valence-electron chi connectivity index (χ2n) is 6.08. The third-order valence-electron chi connectivity index (χ3n) is 4.29. The molecule has 1 aromatic heterocycles. The van der Waals surface area contributed by atoms with Gasteiger partial charge in [-0.15, -0.1) is 0 Å². The number of benzene rings is 2. The minimum atomic E-state index is -0.645. The molecule has 2 nitrogen and oxygen atoms in total. The van der Waals surface area contributed by atoms with Crippen molar-refractivity contribution in [1.82, 2.24) is 4.98 Å². The Labute approximate surface area is 165 Å². The Morgan fingerprint density at radius 3 is 2.58 bits per heavy atom. The van der Waals surface area contributed by atoms with E-state index in [1.54, 1.807) is 0 Å². The molecule has 3 rings (SSSR count). The highest BCUT2D eigenvalue weighted by atomic mass is 79.9. The topological polar surface area (TPSA) is 30.0 Å². The van der Waals surface area contributed by atoms with E-state index in [1.807, 2.05) is 55.5 Å². The molecule has 0 fully saturated rings. The molecule has 0 saturated carbocycles. The molecule has 2 aromatic carbocycles. The maximum atomic E-state index is 13.5. The van der Waals surface area contributed by atoms with E-state index in [-0.39, 0.29) is 12.2 Å². The molecular weight excluding hydrogens is 417 g/mol. The standard InChI is InChI=1S/C21H16BrClFNO/c1-13-4-2-3-5-17(13)21(14-6-8-16(22)9-7-14)19(26)10-15-11-20(24)25-12-18(15)23/h2-9,11-12,21H,10H2,1H3. The summed E-state index contributed by atoms with van der Waals surface area (Å²) in [5.41, 5.74) is 3.30. The Balaban J connectivity index is 2.02. The molecule has 0 saturated heterocycles. The van der Waals surface area contributed by atoms with Crippen LogP contribution in [0.1, 0.15) is 28.2 Å². The molecule has 0 amide bonds. The normalized spacial score (nSPS) is 12.0. The lowest BCUT2D eigenvalue weighted by atomic mass is 9.83. The van der Waals surface area contributed by atoms with Crippen molar-refractivity contribution in [3.8, 4) is 0 Å². The monoisotopic (exact) mass is 431 g/mol. The fourth-order valence-corrected chi connectivity index (χ4v) is 3.42. The van der Waals surface area contributed by atoms with Gasteiger partial charge in [0, 0.05) is 17.1 Å². The Morgan fingerprint density at radius 1 is 1.19 bits per heavy atom. The summed E-state index contributed by atoms with van der Waals surface area (Å²) < 4.78 is 14.4. The minimum absolute atomic E-state index is 0.0351. The number of ketones is 1. The predicted octanol–water partition coefficient (Wildman–Crippen LogP) is 5.89. The summed E-state index contributed by atoms with van der Waals surface area (Å²) in [6, 6.07) is 16.7. The van der Waals surface area contributed by atoms with E-state index in [4.69, 9.17) is 11.6 Å². The van der Waals surface area contributed by atoms with Crippen LogP contribution < -0.4 is 0 Å². The Morgan fingerprint density at radius 2 is 1.88 bits per heavy atom. The van der Waals surface area contributed by atoms with Crippen molar-refractivity contribution in [2.45, 2.75) is 19.3 Å². The molecule has 5 heteroatoms. The number of Topliss-reactive ketones (excluding diaryl/α,β-unsaturated/α-hetero) is 1. The molecule has 0 aliphatic rings. The van der Waals surface area contributed by atoms with Gasteiger partial charge in [-0.25, -0.2) is 4.98 Å². The van der Waals surface area contributed by atoms with Crippen LogP contribution >= 0.6 is 27.5 Å². The van der Waals surface area contributed by atoms with Gasteiger partial charge in [-0.1, -0.05) is 63.9 Å². The number of carbonyl (C=O) groups is 1. The maximum absolute atomic E-state index is 13.5. The van der Waals surface area contributed by atoms with Crippen LogP contribution in [-0.4, -0.2) is 10.8 Å². The second kappa shape index (κ2) is 8.11. The number of hydrogen-bond acceptors (Lipinski definition) is 2. The summed E-state index contributed by atoms with van der Waals surface area (Å²) in [6.07, 6.45) is 1.27. The van der Waals surface area contributed by atoms with Gasteiger partial charge in [0.1, 0.15) is 5.78 Å². The molecule has 1 atom stereocenters. The van der Waals surface area contributed by atoms with Gasteiger partial charge in [0.2, 0.25) is 5.95 Å². The minimum Gasteiger partial charge on any atom is -0.298 e. The van der Waals surface area contributed by atoms with Gasteiger partial charge in [-0.3, -0.25) is 4.79 Å². The summed E-state index contributed by atoms with van der Waals surface area (Å²) in [6.45, 7) is 1.98. The highest BCUT2D eigenvalue weighted by molar-refractivity contribution is 9.10. The lowest BCUT2D eigenvalue weighted by Crippen LogP contribution is -2.18. The summed E-state index contributed by atoms with van der Waals surface area (Å²) in [5.74, 6) is -1.14. The first-order valence-electron chi connectivity index (χ1n) is 8.09. The average Bonchev–Trinajstić information content (AvgIpc) is 2.62. The van der Waals surface area contributed by atoms with Gasteiger partial charge < -0.3 is 0 Å². The zero-order valence-corrected chi connectivity index (χ0v) is 16.4. The molecule has 0 aliphatic carbocycles. The van der Waals surface area contributed by atoms with Gasteiger partial charge in [0.25, 0.3) is 0 Å². The smallest absolute Gasteiger partial charge is 0.213 e. The van der Waals surface area contributed by atoms with Crippen LogP contribution in [-0.2, 0) is 11.2 Å². The van der Waals surface area contributed by atoms with Crippen LogP contribution in [0, 0.1) is 12.9 Å². The number of pyridine rings is 1. The van der Waals surface area contributed by atoms with Gasteiger partial charge in [0.15, 0.2) is 0 Å². The van der Waals surface area contributed by atoms with Crippen molar-refractivity contribution in [2.75, 3.05) is 0 Å². The molecule has 0 radical (unpaired) electrons. The highest BCUT2D eigenvalue weighted by Gasteiger charge is 2.25. The van der Waals surface area contributed by atoms with Crippen molar-refractivity contribution in [3.05, 3.63) is 98.5 Å². The largest absolute Gasteiger partial charge is 0.298 e. The molecule has 132 valence electrons. The van der Waals surface area contributed by atoms with Gasteiger partial charge in [-0.05, 0) is 47.4 Å². The number of halogens is 3. The van der Waals surface area contributed by atoms with Crippen molar-refractivity contribution in [3.63, 3.8) is 0 Å². The predicted molar refractivity (Wildman–Crippen MR) is 105 cm³/mol. The zero-order valence-electron chi connectivity index (χ0n) is 14.0. The van der Waals surface area contributed by atoms with Crippen LogP contribution in [0.5, 0.6) is 0 Å². The molecule has 26 heavy (non-hydrogen) atoms. The SMILES string of the molecule is Cc1ccccc1C(C(=O)Cc1cc(F)ncc1Cl)c1ccc(Br)cc1. The lowest BCUT2D eigenvalue weighted by molar-refractivity contribution is -0.119. The van der Waals surface area contributed by atoms with E-state index < -0.39 is 11.9 Å². The quantitative estimate of drug-likeness (QED) is 0.471. The third kappa shape index (κ3) is 4.19. The first-order chi connectivity index (χ1) is 12.5. The van der Waals surface area contributed by atoms with Crippen molar-refractivity contribution >= 4 is 33.3 Å². The molecule has 0 aliphatic heterocycles. The van der Waals surface area contributed by atoms with E-state index in [9.17, 15) is 9.18 Å². The first-order valence-corrected chi connectivity index (χ1v) is 9.26. The average molecular weight is 433 g/mol. The molecule has 3 aromatic rings. The number of carbonyl (C=O) groups excluding carboxylic acids is 1. The molecule has 1 heterocycles. The van der Waals surface area contributed by atoms with Crippen LogP contribution in [0.25, 0.3) is 0 Å². The Bertz CT molecular complexity index is 943. The summed E-state index contributed by atoms with van der Waals surface area (Å²) >= 11 is 9.52. The van der Waals surface area contributed by atoms with E-state index >= 15 is 0 Å². The molecule has 0 bridgehead atoms. The number of aromatic nitrogens is 1. The first kappa shape index (κ1) is 18.7. The third-order valence-corrected chi connectivity index (χ3v) is 5.16. The number of rotatable bonds is 5. The van der Waals surface area contributed by atoms with Crippen molar-refractivity contribution in [2.24, 2.45) is 0 Å². The zero-order chi connectivity index (χ0) is 18.7. The van der Waals surface area contributed by atoms with Crippen LogP contribution in [0.3, 0.4) is 0 Å². The molecule has 1 unspecified atom stereocenters. The van der Waals surface area contributed by atoms with Crippen LogP contribution in [0.4, 0.5) is 4.39 Å². The van der Waals surface area contributed by atoms with E-state index in [2.05, 4.69) is 20.9 Å². The van der Waals surface area contributed by atoms with Crippen LogP contribution in [0.2, 0.25) is 5.02 Å². The molecule has 0 spiro atoms. The van der Waals surface area contributed by atoms with Gasteiger partial charge >= 0.3 is 0 Å². The fourth-order valence-electron chi connectivity index (χ4n) is 2.98. The van der Waals surface area contributed by atoms with Crippen LogP contribution in [0.15, 0.2) is 65.3 Å². The molecule has 0 N–H and O–H groups in total. The number of aryl methyl sites for hydroxylation is 1. The second-order valence-corrected chi connectivity index (χ2v) is 7.41. The Hall–Kier alpha value is -2.04. The van der Waals surface area contributed by atoms with Crippen molar-refractivity contribution in [1.29, 1.82) is 0 Å². The fraction of sp³-hybridized carbons (Fsp3) is 0.143. The van der Waals surface area contributed by atoms with E-state index in [0.717, 1.165) is 21.2 Å². The maximum Gasteiger partial charge on any atom is 0.213 e. The summed E-state index contributed by atoms with van der Waals surface area (Å²) in [5, 5.41) is 0.291. The van der Waals surface area contributed by atoms with Crippen molar-refractivity contribution < 1.29 is 9.18 Å². The van der Waals surface area contributed by atoms with E-state index in [1.165, 1.54) is 12.3 Å². The molecular formula is C21H16BrClFNO. The summed E-state index contributed by atoms with van der Waals surface area (Å²) in [4.78, 5) is 16.7. The Kier molecular flexibility index (Phi) is 5.84. The number of nitrogens with zero attached hydrogens (tertiary/aromatic N) is 1.